The average Bonchev–Trinajstić information content (AvgIpc) is 0.978. The molecule has 2 aliphatic rings. The highest BCUT2D eigenvalue weighted by Crippen LogP contribution is 2.27. The van der Waals surface area contributed by atoms with E-state index in [0.29, 0.717) is 63.8 Å². The van der Waals surface area contributed by atoms with Gasteiger partial charge in [-0.3, -0.25) is 76.9 Å². The largest absolute Gasteiger partial charge is 0.481 e. The number of carboxylic acids is 1. The Balaban J connectivity index is 1.35. The number of fused-ring (bicyclic) bond motifs is 5. The molecule has 0 saturated carbocycles. The number of carboxylic acid groups (broad SMARTS) is 1. The summed E-state index contributed by atoms with van der Waals surface area (Å²) in [6.07, 6.45) is -0.189. The van der Waals surface area contributed by atoms with Gasteiger partial charge in [-0.2, -0.15) is 0 Å². The number of aliphatic imine (C=N–C) groups is 1. The quantitative estimate of drug-likeness (QED) is 0.0119. The number of guanidine groups is 1. The molecule has 2 fully saturated rings. The van der Waals surface area contributed by atoms with Crippen LogP contribution >= 0.6 is 33.3 Å². The Labute approximate surface area is 731 Å². The van der Waals surface area contributed by atoms with Gasteiger partial charge in [0.25, 0.3) is 5.91 Å². The lowest BCUT2D eigenvalue weighted by atomic mass is 9.91. The second-order valence-electron chi connectivity index (χ2n) is 28.1. The number of benzene rings is 2. The highest BCUT2D eigenvalue weighted by Gasteiger charge is 2.36. The molecular weight excluding hydrogens is 1690 g/mol. The highest BCUT2D eigenvalue weighted by atomic mass is 33.1. The molecule has 2 aliphatic heterocycles. The number of rotatable bonds is 57. The summed E-state index contributed by atoms with van der Waals surface area (Å²) in [4.78, 5) is 211. The maximum atomic E-state index is 14.9. The maximum absolute atomic E-state index is 14.9. The summed E-state index contributed by atoms with van der Waals surface area (Å²) in [7, 11) is 1.96. The lowest BCUT2D eigenvalue weighted by Gasteiger charge is -2.26. The van der Waals surface area contributed by atoms with Crippen molar-refractivity contribution in [2.24, 2.45) is 39.4 Å². The Morgan fingerprint density at radius 2 is 1.05 bits per heavy atom. The van der Waals surface area contributed by atoms with Crippen molar-refractivity contribution >= 4 is 134 Å². The van der Waals surface area contributed by atoms with Gasteiger partial charge in [-0.15, -0.1) is 11.8 Å². The number of nitrogens with two attached hydrogens (primary N) is 2. The van der Waals surface area contributed by atoms with E-state index in [1.54, 1.807) is 30.3 Å². The number of aliphatic carboxylic acids is 1. The molecule has 2 saturated heterocycles. The number of carbonyl (C=O) groups excluding carboxylic acids is 14. The molecule has 14 N–H and O–H groups in total. The van der Waals surface area contributed by atoms with Crippen LogP contribution in [0.25, 0.3) is 0 Å². The van der Waals surface area contributed by atoms with E-state index in [2.05, 4.69) is 58.0 Å². The minimum atomic E-state index is -1.56. The molecule has 692 valence electrons. The van der Waals surface area contributed by atoms with Gasteiger partial charge in [0, 0.05) is 94.1 Å². The van der Waals surface area contributed by atoms with E-state index in [0.717, 1.165) is 33.3 Å². The molecule has 44 heteroatoms. The normalized spacial score (nSPS) is 18.7. The molecular formula is C80H120FN13O27S3. The molecule has 2 heterocycles. The van der Waals surface area contributed by atoms with E-state index >= 15 is 0 Å². The topological polar surface area (TPSA) is 563 Å². The van der Waals surface area contributed by atoms with Gasteiger partial charge in [0.2, 0.25) is 47.3 Å². The van der Waals surface area contributed by atoms with Gasteiger partial charge in [-0.25, -0.2) is 4.39 Å². The zero-order valence-corrected chi connectivity index (χ0v) is 72.4. The number of hydrogen-bond acceptors (Lipinski definition) is 31. The third kappa shape index (κ3) is 53.2. The first kappa shape index (κ1) is 107. The monoisotopic (exact) mass is 1810 g/mol. The third-order valence-electron chi connectivity index (χ3n) is 17.7. The lowest BCUT2D eigenvalue weighted by Crippen LogP contribution is -2.53. The van der Waals surface area contributed by atoms with Gasteiger partial charge in [0.05, 0.1) is 142 Å². The van der Waals surface area contributed by atoms with E-state index in [1.165, 1.54) is 37.4 Å². The number of nitrogens with zero attached hydrogens (tertiary/aromatic N) is 2. The summed E-state index contributed by atoms with van der Waals surface area (Å²) in [5, 5.41) is 37.7. The van der Waals surface area contributed by atoms with Crippen LogP contribution in [0.2, 0.25) is 0 Å². The molecule has 0 spiro atoms. The minimum Gasteiger partial charge on any atom is -0.481 e. The van der Waals surface area contributed by atoms with Crippen LogP contribution < -0.4 is 59.3 Å². The molecule has 40 nitrogen and oxygen atoms in total. The SMILES string of the molecule is CC(=O)COCC(=O)CCCOCCOCCOCCNC(=O)[C@@H]1CSCC(=O)N[C@@H](CCCCNC(=O)COCC(=O)NCCOCCOCCOCCOCCOCCNC(=O)CO/N=C/c2ccc([18F])cc2)C(=O)N[C@H]2CSSC[C@H](NC(=O)[C@H](CC(=O)O)CC(=O)CNC(=O)[C@H](CCCN=C(N)N)CC2=O)C(=O)C[C@@H](Cc2ccccc2)C(=O)N1. The van der Waals surface area contributed by atoms with Crippen molar-refractivity contribution in [1.29, 1.82) is 0 Å². The Bertz CT molecular complexity index is 3660. The molecule has 7 atom stereocenters. The Morgan fingerprint density at radius 1 is 0.524 bits per heavy atom. The summed E-state index contributed by atoms with van der Waals surface area (Å²) in [5.74, 6) is -15.9. The fraction of sp³-hybridized carbons (Fsp3) is 0.637. The first-order valence-corrected chi connectivity index (χ1v) is 44.5. The predicted molar refractivity (Wildman–Crippen MR) is 454 cm³/mol. The van der Waals surface area contributed by atoms with Crippen LogP contribution in [0.1, 0.15) is 88.7 Å². The van der Waals surface area contributed by atoms with E-state index in [-0.39, 0.29) is 203 Å². The number of thioether (sulfide) groups is 1. The van der Waals surface area contributed by atoms with Crippen LogP contribution in [0.15, 0.2) is 64.7 Å². The second-order valence-corrected chi connectivity index (χ2v) is 31.7. The zero-order chi connectivity index (χ0) is 90.2. The number of unbranched alkanes of at least 4 members (excludes halogenated alkanes) is 1. The van der Waals surface area contributed by atoms with Crippen LogP contribution in [0, 0.1) is 23.6 Å². The molecule has 2 aromatic carbocycles. The fourth-order valence-electron chi connectivity index (χ4n) is 11.4. The average molecular weight is 1810 g/mol. The molecule has 124 heavy (non-hydrogen) atoms. The Hall–Kier alpha value is -9.19. The molecule has 2 bridgehead atoms. The van der Waals surface area contributed by atoms with Gasteiger partial charge >= 0.3 is 5.97 Å². The van der Waals surface area contributed by atoms with Crippen molar-refractivity contribution in [2.75, 3.05) is 201 Å². The van der Waals surface area contributed by atoms with Gasteiger partial charge < -0.3 is 117 Å². The fourth-order valence-corrected chi connectivity index (χ4v) is 14.7. The maximum Gasteiger partial charge on any atom is 0.304 e. The number of amides is 9. The van der Waals surface area contributed by atoms with Gasteiger partial charge in [-0.05, 0) is 75.1 Å². The summed E-state index contributed by atoms with van der Waals surface area (Å²) in [5.41, 5.74) is 12.3. The molecule has 0 aliphatic carbocycles. The lowest BCUT2D eigenvalue weighted by molar-refractivity contribution is -0.142. The molecule has 0 unspecified atom stereocenters. The van der Waals surface area contributed by atoms with Crippen molar-refractivity contribution in [1.82, 2.24) is 47.9 Å². The van der Waals surface area contributed by atoms with E-state index in [9.17, 15) is 81.4 Å². The number of halogens is 1. The number of Topliss-reactive ketones (excluding diaryl/α,β-unsaturated/α-hetero) is 5. The van der Waals surface area contributed by atoms with Crippen molar-refractivity contribution in [2.45, 2.75) is 108 Å². The standard InChI is InChI=1S/C80H120FN13O27S3/c1-55(95)46-119-47-62(96)12-8-23-111-27-31-115-34-30-114-26-22-87-78(109)67-51-122-54-73(103)91-64(13-5-6-18-84-70(100)48-120-49-71(101)85-20-24-112-28-32-116-35-37-118-38-36-117-33-29-113-25-21-86-72(102)50-121-90-44-57-14-16-61(81)17-15-57)79(110)93-66-53-124-123-52-65(69(99)42-59(76(107)94-67)39-56-9-3-2-4-10-56)92-77(108)60(43-74(104)105)40-63(97)45-89-75(106)58(41-68(66)98)11-7-19-88-80(82)83/h2-4,9-10,14-17,44,58-60,64-67H,5-8,11-13,18-43,45-54H2,1H3,(H,84,100)(H,85,101)(H,86,102)(H,87,109)(H,89,106)(H,91,103)(H,92,108)(H,93,110)(H,94,107)(H,104,105)(H4,82,83,88)/b90-44+/t58-,59-,60+,64+,65+,66+,67+/m1/s1/i81-1. The van der Waals surface area contributed by atoms with Crippen LogP contribution in [0.5, 0.6) is 0 Å². The van der Waals surface area contributed by atoms with Gasteiger partial charge in [-0.1, -0.05) is 69.2 Å². The molecule has 4 rings (SSSR count). The molecule has 9 amide bonds. The first-order chi connectivity index (χ1) is 59.8. The van der Waals surface area contributed by atoms with Crippen LogP contribution in [0.4, 0.5) is 4.39 Å². The molecule has 0 radical (unpaired) electrons. The summed E-state index contributed by atoms with van der Waals surface area (Å²) in [6.45, 7) is 3.41. The first-order valence-electron chi connectivity index (χ1n) is 40.8. The minimum absolute atomic E-state index is 0.0105. The molecule has 0 aromatic heterocycles. The zero-order valence-electron chi connectivity index (χ0n) is 69.9. The number of ether oxygens (including phenoxy) is 10. The number of carbonyl (C=O) groups is 15. The van der Waals surface area contributed by atoms with E-state index in [4.69, 9.17) is 63.7 Å². The highest BCUT2D eigenvalue weighted by molar-refractivity contribution is 8.76. The number of ketones is 5. The summed E-state index contributed by atoms with van der Waals surface area (Å²) in [6, 6.07) is 8.57. The third-order valence-corrected chi connectivity index (χ3v) is 21.2. The van der Waals surface area contributed by atoms with Crippen molar-refractivity contribution < 1.29 is 134 Å². The Kier molecular flexibility index (Phi) is 58.1. The van der Waals surface area contributed by atoms with Crippen molar-refractivity contribution in [3.05, 3.63) is 71.5 Å². The number of hydrogen-bond donors (Lipinski definition) is 12. The van der Waals surface area contributed by atoms with Gasteiger partial charge in [0.15, 0.2) is 41.5 Å². The molecule has 2 aromatic rings. The summed E-state index contributed by atoms with van der Waals surface area (Å²) >= 11 is 0.908. The Morgan fingerprint density at radius 3 is 1.62 bits per heavy atom. The van der Waals surface area contributed by atoms with Crippen molar-refractivity contribution in [3.8, 4) is 0 Å². The van der Waals surface area contributed by atoms with E-state index < -0.39 is 164 Å². The van der Waals surface area contributed by atoms with Crippen LogP contribution in [-0.4, -0.2) is 331 Å². The van der Waals surface area contributed by atoms with E-state index in [1.807, 2.05) is 0 Å². The smallest absolute Gasteiger partial charge is 0.304 e. The van der Waals surface area contributed by atoms with Crippen molar-refractivity contribution in [3.63, 3.8) is 0 Å². The summed E-state index contributed by atoms with van der Waals surface area (Å²) < 4.78 is 67.5. The number of nitrogens with one attached hydrogen (secondary N) is 9. The second kappa shape index (κ2) is 67.2. The number of oxime groups is 1. The van der Waals surface area contributed by atoms with Gasteiger partial charge in [0.1, 0.15) is 44.3 Å². The van der Waals surface area contributed by atoms with Crippen LogP contribution in [0.3, 0.4) is 0 Å². The predicted octanol–water partition coefficient (Wildman–Crippen LogP) is -1.39. The van der Waals surface area contributed by atoms with Crippen LogP contribution in [-0.2, 0) is 131 Å².